The first-order valence-corrected chi connectivity index (χ1v) is 45.1. The summed E-state index contributed by atoms with van der Waals surface area (Å²) in [6.07, 6.45) is 78.1. The zero-order chi connectivity index (χ0) is 75.0. The average Bonchev–Trinajstić information content (AvgIpc) is 2.46. The van der Waals surface area contributed by atoms with E-state index in [1.54, 1.807) is 0 Å². The van der Waals surface area contributed by atoms with E-state index in [2.05, 4.69) is 47.4 Å². The third kappa shape index (κ3) is 90.5. The van der Waals surface area contributed by atoms with Crippen molar-refractivity contribution in [3.63, 3.8) is 0 Å². The number of ketones is 3. The predicted molar refractivity (Wildman–Crippen MR) is 448 cm³/mol. The van der Waals surface area contributed by atoms with E-state index in [9.17, 15) is 19.2 Å². The molecule has 3 atom stereocenters. The van der Waals surface area contributed by atoms with E-state index < -0.39 is 0 Å². The van der Waals surface area contributed by atoms with Crippen LogP contribution in [0.3, 0.4) is 0 Å². The van der Waals surface area contributed by atoms with Crippen LogP contribution in [0.4, 0.5) is 0 Å². The zero-order valence-corrected chi connectivity index (χ0v) is 68.8. The van der Waals surface area contributed by atoms with Crippen molar-refractivity contribution in [1.82, 2.24) is 26.6 Å². The van der Waals surface area contributed by atoms with Crippen molar-refractivity contribution in [3.05, 3.63) is 0 Å². The summed E-state index contributed by atoms with van der Waals surface area (Å²) in [7, 11) is 0. The first-order valence-electron chi connectivity index (χ1n) is 45.1. The van der Waals surface area contributed by atoms with Crippen LogP contribution in [0.1, 0.15) is 438 Å². The molecule has 0 aromatic rings. The third-order valence-corrected chi connectivity index (χ3v) is 20.5. The quantitative estimate of drug-likeness (QED) is 0.0253. The summed E-state index contributed by atoms with van der Waals surface area (Å²) in [6.45, 7) is 18.5. The second-order valence-corrected chi connectivity index (χ2v) is 30.7. The number of amides is 1. The first-order chi connectivity index (χ1) is 50.1. The standard InChI is InChI=1S/C34H70N4O2.C34H72N4O.C19H41N3O/c1-2-3-4-5-6-7-8-9-10-11-14-17-20-27-34(40)38-31-23-21-25-32(36)33(39)26-19-16-13-12-15-18-22-29-37-30-24-28-35;1-2-3-4-5-6-7-8-9-10-11-12-15-18-22-29-37-31-24-21-26-33(36)34(39)27-20-17-14-13-16-19-23-30-38-32-25-28-35;1-2-3-16-22-17-12-8-6-4-5-7-9-14-19(23)18(21)13-10-11-15-20/h32,37H,2-31,35-36H2,1H3,(H,38,40);33,37-38H,2-32,35-36H2,1H3;18,22H,2-17,20-21H2,1H3/t32-;33-;18-/m111/s1. The molecule has 0 bridgehead atoms. The van der Waals surface area contributed by atoms with Crippen molar-refractivity contribution in [1.29, 1.82) is 0 Å². The molecule has 0 aliphatic carbocycles. The summed E-state index contributed by atoms with van der Waals surface area (Å²) >= 11 is 0. The Morgan fingerprint density at radius 1 is 0.216 bits per heavy atom. The Kier molecular flexibility index (Phi) is 95.3. The Balaban J connectivity index is -0.00000150. The van der Waals surface area contributed by atoms with Crippen LogP contribution in [0.2, 0.25) is 0 Å². The molecule has 0 radical (unpaired) electrons. The van der Waals surface area contributed by atoms with E-state index in [0.717, 1.165) is 181 Å². The highest BCUT2D eigenvalue weighted by atomic mass is 16.2. The van der Waals surface area contributed by atoms with E-state index in [4.69, 9.17) is 34.4 Å². The van der Waals surface area contributed by atoms with Crippen LogP contribution in [-0.4, -0.2) is 120 Å². The molecule has 0 fully saturated rings. The lowest BCUT2D eigenvalue weighted by atomic mass is 10.0. The molecule has 17 N–H and O–H groups in total. The number of hydrogen-bond acceptors (Lipinski definition) is 14. The smallest absolute Gasteiger partial charge is 0.219 e. The largest absolute Gasteiger partial charge is 0.356 e. The van der Waals surface area contributed by atoms with Crippen molar-refractivity contribution in [2.24, 2.45) is 34.4 Å². The molecule has 102 heavy (non-hydrogen) atoms. The van der Waals surface area contributed by atoms with Gasteiger partial charge >= 0.3 is 0 Å². The summed E-state index contributed by atoms with van der Waals surface area (Å²) in [5.41, 5.74) is 34.6. The maximum Gasteiger partial charge on any atom is 0.219 e. The van der Waals surface area contributed by atoms with Gasteiger partial charge in [0, 0.05) is 32.2 Å². The van der Waals surface area contributed by atoms with Gasteiger partial charge in [-0.1, -0.05) is 297 Å². The van der Waals surface area contributed by atoms with E-state index in [-0.39, 0.29) is 41.4 Å². The van der Waals surface area contributed by atoms with Crippen molar-refractivity contribution in [3.8, 4) is 0 Å². The zero-order valence-electron chi connectivity index (χ0n) is 68.8. The normalized spacial score (nSPS) is 12.2. The number of nitrogens with two attached hydrogens (primary N) is 6. The van der Waals surface area contributed by atoms with E-state index >= 15 is 0 Å². The Morgan fingerprint density at radius 2 is 0.412 bits per heavy atom. The number of nitrogens with one attached hydrogen (secondary N) is 5. The molecule has 15 nitrogen and oxygen atoms in total. The lowest BCUT2D eigenvalue weighted by molar-refractivity contribution is -0.122. The molecule has 0 heterocycles. The first kappa shape index (κ1) is 104. The highest BCUT2D eigenvalue weighted by Gasteiger charge is 2.15. The molecule has 0 saturated heterocycles. The minimum atomic E-state index is -0.340. The second-order valence-electron chi connectivity index (χ2n) is 30.7. The van der Waals surface area contributed by atoms with E-state index in [1.165, 1.54) is 276 Å². The van der Waals surface area contributed by atoms with Crippen LogP contribution < -0.4 is 61.0 Å². The van der Waals surface area contributed by atoms with Crippen LogP contribution in [0.15, 0.2) is 0 Å². The lowest BCUT2D eigenvalue weighted by Crippen LogP contribution is -2.30. The topological polar surface area (TPSA) is 285 Å². The van der Waals surface area contributed by atoms with Gasteiger partial charge in [0.05, 0.1) is 18.1 Å². The number of Topliss-reactive ketones (excluding diaryl/α,β-unsaturated/α-hetero) is 3. The average molecular weight is 1450 g/mol. The monoisotopic (exact) mass is 1450 g/mol. The Hall–Kier alpha value is -1.92. The minimum absolute atomic E-state index is 0.169. The van der Waals surface area contributed by atoms with Gasteiger partial charge in [-0.25, -0.2) is 0 Å². The lowest BCUT2D eigenvalue weighted by Gasteiger charge is -2.11. The Labute approximate surface area is 635 Å². The number of rotatable bonds is 85. The molecule has 0 aliphatic rings. The fraction of sp³-hybridized carbons (Fsp3) is 0.954. The SMILES string of the molecule is CCCCCCCCCCCCCCCC(=O)NCCCC[C@@H](N)C(=O)CCCCCCCCCNCCCN.CCCCCCCCCCCCCCCCNCCCC[C@@H](N)C(=O)CCCCCCCCCNCCCN.CCCCNCCCCCCCCCC(=O)[C@H](N)CCCCN. The molecule has 0 aliphatic heterocycles. The Bertz CT molecular complexity index is 1630. The van der Waals surface area contributed by atoms with Crippen LogP contribution >= 0.6 is 0 Å². The van der Waals surface area contributed by atoms with Crippen LogP contribution in [0.25, 0.3) is 0 Å². The van der Waals surface area contributed by atoms with E-state index in [0.29, 0.717) is 38.8 Å². The van der Waals surface area contributed by atoms with Gasteiger partial charge in [0.15, 0.2) is 0 Å². The molecule has 0 saturated carbocycles. The van der Waals surface area contributed by atoms with Gasteiger partial charge in [0.2, 0.25) is 5.91 Å². The predicted octanol–water partition coefficient (Wildman–Crippen LogP) is 19.4. The van der Waals surface area contributed by atoms with Gasteiger partial charge < -0.3 is 61.0 Å². The number of unbranched alkanes of at least 4 members (excludes halogenated alkanes) is 47. The highest BCUT2D eigenvalue weighted by Crippen LogP contribution is 2.18. The Morgan fingerprint density at radius 3 is 0.676 bits per heavy atom. The summed E-state index contributed by atoms with van der Waals surface area (Å²) in [6, 6.07) is -0.849. The van der Waals surface area contributed by atoms with Crippen LogP contribution in [0, 0.1) is 0 Å². The van der Waals surface area contributed by atoms with Gasteiger partial charge in [0.25, 0.3) is 0 Å². The molecule has 0 spiro atoms. The molecular formula is C87H183N11O4. The molecule has 0 unspecified atom stereocenters. The minimum Gasteiger partial charge on any atom is -0.356 e. The fourth-order valence-electron chi connectivity index (χ4n) is 13.3. The van der Waals surface area contributed by atoms with Crippen molar-refractivity contribution in [2.75, 3.05) is 78.5 Å². The molecule has 15 heteroatoms. The van der Waals surface area contributed by atoms with Crippen LogP contribution in [0.5, 0.6) is 0 Å². The van der Waals surface area contributed by atoms with Crippen molar-refractivity contribution < 1.29 is 19.2 Å². The third-order valence-electron chi connectivity index (χ3n) is 20.5. The molecule has 610 valence electrons. The maximum absolute atomic E-state index is 12.3. The molecule has 0 aromatic heterocycles. The van der Waals surface area contributed by atoms with Gasteiger partial charge in [-0.05, 0) is 188 Å². The second kappa shape index (κ2) is 93.3. The number of carbonyl (C=O) groups excluding carboxylic acids is 4. The van der Waals surface area contributed by atoms with Crippen LogP contribution in [-0.2, 0) is 19.2 Å². The summed E-state index contributed by atoms with van der Waals surface area (Å²) in [4.78, 5) is 48.5. The van der Waals surface area contributed by atoms with Crippen molar-refractivity contribution in [2.45, 2.75) is 456 Å². The molecule has 0 aromatic carbocycles. The van der Waals surface area contributed by atoms with Gasteiger partial charge in [-0.3, -0.25) is 19.2 Å². The van der Waals surface area contributed by atoms with E-state index in [1.807, 2.05) is 0 Å². The fourth-order valence-corrected chi connectivity index (χ4v) is 13.3. The van der Waals surface area contributed by atoms with Crippen molar-refractivity contribution >= 4 is 23.3 Å². The summed E-state index contributed by atoms with van der Waals surface area (Å²) < 4.78 is 0. The number of hydrogen-bond donors (Lipinski definition) is 11. The molecular weight excluding hydrogens is 1260 g/mol. The number of carbonyl (C=O) groups is 4. The van der Waals surface area contributed by atoms with Gasteiger partial charge in [-0.15, -0.1) is 0 Å². The van der Waals surface area contributed by atoms with Gasteiger partial charge in [-0.2, -0.15) is 0 Å². The summed E-state index contributed by atoms with van der Waals surface area (Å²) in [5.74, 6) is 0.881. The molecule has 1 amide bonds. The molecule has 0 rings (SSSR count). The van der Waals surface area contributed by atoms with Gasteiger partial charge in [0.1, 0.15) is 17.3 Å². The maximum atomic E-state index is 12.3. The summed E-state index contributed by atoms with van der Waals surface area (Å²) in [5, 5.41) is 16.9. The highest BCUT2D eigenvalue weighted by molar-refractivity contribution is 5.84.